The molecule has 0 aromatic carbocycles. The number of hydrogen-bond acceptors (Lipinski definition) is 1. The second-order valence-corrected chi connectivity index (χ2v) is 11.7. The summed E-state index contributed by atoms with van der Waals surface area (Å²) >= 11 is 0. The highest BCUT2D eigenvalue weighted by atomic mass is 16.3. The Morgan fingerprint density at radius 1 is 1.11 bits per heavy atom. The molecule has 0 spiro atoms. The molecule has 0 aliphatic heterocycles. The molecular weight excluding hydrogens is 340 g/mol. The molecule has 158 valence electrons. The summed E-state index contributed by atoms with van der Waals surface area (Å²) in [5.41, 5.74) is 6.19. The first kappa shape index (κ1) is 20.7. The van der Waals surface area contributed by atoms with Gasteiger partial charge in [-0.1, -0.05) is 43.6 Å². The molecule has 28 heavy (non-hydrogen) atoms. The van der Waals surface area contributed by atoms with Crippen molar-refractivity contribution in [2.45, 2.75) is 111 Å². The summed E-state index contributed by atoms with van der Waals surface area (Å²) in [4.78, 5) is 0. The van der Waals surface area contributed by atoms with Crippen LogP contribution in [0, 0.1) is 34.5 Å². The van der Waals surface area contributed by atoms with Crippen LogP contribution in [0.25, 0.3) is 0 Å². The van der Waals surface area contributed by atoms with E-state index in [-0.39, 0.29) is 6.10 Å². The van der Waals surface area contributed by atoms with Gasteiger partial charge in [-0.15, -0.1) is 0 Å². The summed E-state index contributed by atoms with van der Waals surface area (Å²) in [7, 11) is 0. The normalized spacial score (nSPS) is 43.8. The lowest BCUT2D eigenvalue weighted by molar-refractivity contribution is 0.0133. The maximum atomic E-state index is 10.2. The van der Waals surface area contributed by atoms with Gasteiger partial charge in [-0.3, -0.25) is 0 Å². The van der Waals surface area contributed by atoms with Gasteiger partial charge >= 0.3 is 0 Å². The molecule has 1 nitrogen and oxygen atoms in total. The zero-order chi connectivity index (χ0) is 20.1. The first-order valence-electron chi connectivity index (χ1n) is 12.3. The summed E-state index contributed by atoms with van der Waals surface area (Å²) in [6.07, 6.45) is 16.7. The van der Waals surface area contributed by atoms with Crippen molar-refractivity contribution in [3.63, 3.8) is 0 Å². The smallest absolute Gasteiger partial charge is 0.0543 e. The van der Waals surface area contributed by atoms with Gasteiger partial charge in [0.2, 0.25) is 0 Å². The van der Waals surface area contributed by atoms with Crippen molar-refractivity contribution in [2.75, 3.05) is 0 Å². The summed E-state index contributed by atoms with van der Waals surface area (Å²) in [6.45, 7) is 12.2. The maximum absolute atomic E-state index is 10.2. The van der Waals surface area contributed by atoms with Crippen molar-refractivity contribution >= 4 is 0 Å². The number of rotatable bonds is 4. The second kappa shape index (κ2) is 7.60. The fourth-order valence-electron chi connectivity index (χ4n) is 8.25. The number of aliphatic hydroxyl groups is 1. The van der Waals surface area contributed by atoms with Crippen molar-refractivity contribution in [1.29, 1.82) is 0 Å². The summed E-state index contributed by atoms with van der Waals surface area (Å²) in [6, 6.07) is 0. The molecule has 7 atom stereocenters. The molecule has 0 amide bonds. The molecule has 4 aliphatic rings. The molecule has 0 bridgehead atoms. The van der Waals surface area contributed by atoms with E-state index in [4.69, 9.17) is 0 Å². The van der Waals surface area contributed by atoms with Gasteiger partial charge in [-0.2, -0.15) is 0 Å². The average Bonchev–Trinajstić information content (AvgIpc) is 2.99. The molecule has 0 aromatic rings. The molecule has 2 saturated carbocycles. The van der Waals surface area contributed by atoms with Crippen molar-refractivity contribution in [1.82, 2.24) is 0 Å². The molecular formula is C27H44O. The van der Waals surface area contributed by atoms with E-state index in [2.05, 4.69) is 40.7 Å². The van der Waals surface area contributed by atoms with E-state index in [1.807, 2.05) is 11.1 Å². The van der Waals surface area contributed by atoms with Gasteiger partial charge in [0, 0.05) is 0 Å². The Morgan fingerprint density at radius 2 is 1.89 bits per heavy atom. The van der Waals surface area contributed by atoms with Crippen LogP contribution >= 0.6 is 0 Å². The van der Waals surface area contributed by atoms with Crippen LogP contribution in [0.4, 0.5) is 0 Å². The topological polar surface area (TPSA) is 20.2 Å². The van der Waals surface area contributed by atoms with Gasteiger partial charge in [0.1, 0.15) is 0 Å². The molecule has 1 unspecified atom stereocenters. The number of allylic oxidation sites excluding steroid dienone is 4. The number of hydrogen-bond donors (Lipinski definition) is 1. The molecule has 1 heteroatoms. The van der Waals surface area contributed by atoms with E-state index in [0.717, 1.165) is 36.5 Å². The lowest BCUT2D eigenvalue weighted by atomic mass is 9.50. The van der Waals surface area contributed by atoms with Crippen LogP contribution in [-0.2, 0) is 0 Å². The van der Waals surface area contributed by atoms with Gasteiger partial charge in [0.15, 0.2) is 0 Å². The van der Waals surface area contributed by atoms with Crippen LogP contribution in [0.5, 0.6) is 0 Å². The molecule has 0 heterocycles. The molecule has 0 saturated heterocycles. The first-order chi connectivity index (χ1) is 13.3. The third-order valence-corrected chi connectivity index (χ3v) is 9.90. The largest absolute Gasteiger partial charge is 0.393 e. The van der Waals surface area contributed by atoms with Crippen LogP contribution in [0.3, 0.4) is 0 Å². The average molecular weight is 385 g/mol. The van der Waals surface area contributed by atoms with E-state index in [9.17, 15) is 5.11 Å². The monoisotopic (exact) mass is 384 g/mol. The Bertz CT molecular complexity index is 653. The fraction of sp³-hybridized carbons (Fsp3) is 0.852. The van der Waals surface area contributed by atoms with Gasteiger partial charge in [0.25, 0.3) is 0 Å². The van der Waals surface area contributed by atoms with Gasteiger partial charge in [0.05, 0.1) is 6.10 Å². The zero-order valence-electron chi connectivity index (χ0n) is 19.2. The molecule has 4 rings (SSSR count). The standard InChI is InChI=1S/C27H44O/c1-18(2)7-6-8-19(3)23-11-12-24-22-10-9-20-17-21(28)13-15-26(20,4)25(22)14-16-27(23,24)5/h7,19-21,23-24,28H,6,8-17H2,1-5H3/t19-,20+,21?,23-,24+,26+,27-/m1/s1. The minimum Gasteiger partial charge on any atom is -0.393 e. The third-order valence-electron chi connectivity index (χ3n) is 9.90. The number of aliphatic hydroxyl groups excluding tert-OH is 1. The highest BCUT2D eigenvalue weighted by Gasteiger charge is 2.55. The highest BCUT2D eigenvalue weighted by Crippen LogP contribution is 2.65. The van der Waals surface area contributed by atoms with Gasteiger partial charge in [-0.25, -0.2) is 0 Å². The molecule has 0 aromatic heterocycles. The van der Waals surface area contributed by atoms with Crippen molar-refractivity contribution < 1.29 is 5.11 Å². The van der Waals surface area contributed by atoms with E-state index in [1.165, 1.54) is 63.4 Å². The maximum Gasteiger partial charge on any atom is 0.0543 e. The predicted octanol–water partition coefficient (Wildman–Crippen LogP) is 7.45. The molecule has 2 fully saturated rings. The van der Waals surface area contributed by atoms with Crippen molar-refractivity contribution in [3.8, 4) is 0 Å². The van der Waals surface area contributed by atoms with E-state index < -0.39 is 0 Å². The van der Waals surface area contributed by atoms with Gasteiger partial charge in [-0.05, 0) is 119 Å². The van der Waals surface area contributed by atoms with Crippen LogP contribution in [0.2, 0.25) is 0 Å². The predicted molar refractivity (Wildman–Crippen MR) is 119 cm³/mol. The molecule has 0 radical (unpaired) electrons. The number of fused-ring (bicyclic) bond motifs is 4. The minimum atomic E-state index is -0.0356. The van der Waals surface area contributed by atoms with E-state index in [0.29, 0.717) is 10.8 Å². The van der Waals surface area contributed by atoms with Crippen LogP contribution in [0.15, 0.2) is 22.8 Å². The minimum absolute atomic E-state index is 0.0356. The Labute approximate surface area is 174 Å². The van der Waals surface area contributed by atoms with Crippen molar-refractivity contribution in [3.05, 3.63) is 22.8 Å². The Balaban J connectivity index is 1.55. The van der Waals surface area contributed by atoms with E-state index >= 15 is 0 Å². The van der Waals surface area contributed by atoms with Crippen LogP contribution in [-0.4, -0.2) is 11.2 Å². The Morgan fingerprint density at radius 3 is 2.64 bits per heavy atom. The zero-order valence-corrected chi connectivity index (χ0v) is 19.2. The van der Waals surface area contributed by atoms with Crippen LogP contribution in [0.1, 0.15) is 105 Å². The highest BCUT2D eigenvalue weighted by molar-refractivity contribution is 5.34. The quantitative estimate of drug-likeness (QED) is 0.499. The van der Waals surface area contributed by atoms with Crippen LogP contribution < -0.4 is 0 Å². The third kappa shape index (κ3) is 3.34. The summed E-state index contributed by atoms with van der Waals surface area (Å²) < 4.78 is 0. The lowest BCUT2D eigenvalue weighted by Crippen LogP contribution is -2.45. The SMILES string of the molecule is CC(C)=CCC[C@@H](C)[C@H]1CC[C@H]2C3=C(CC[C@]12C)[C@@]1(C)CCC(O)C[C@@H]1CC3. The fourth-order valence-corrected chi connectivity index (χ4v) is 8.25. The second-order valence-electron chi connectivity index (χ2n) is 11.7. The lowest BCUT2D eigenvalue weighted by Gasteiger charge is -2.55. The Kier molecular flexibility index (Phi) is 5.62. The first-order valence-corrected chi connectivity index (χ1v) is 12.3. The molecule has 1 N–H and O–H groups in total. The van der Waals surface area contributed by atoms with E-state index in [1.54, 1.807) is 0 Å². The summed E-state index contributed by atoms with van der Waals surface area (Å²) in [5.74, 6) is 3.36. The van der Waals surface area contributed by atoms with Gasteiger partial charge < -0.3 is 5.11 Å². The Hall–Kier alpha value is -0.560. The molecule has 4 aliphatic carbocycles. The van der Waals surface area contributed by atoms with Crippen molar-refractivity contribution in [2.24, 2.45) is 34.5 Å². The summed E-state index contributed by atoms with van der Waals surface area (Å²) in [5, 5.41) is 10.2.